The minimum atomic E-state index is -0.540. The lowest BCUT2D eigenvalue weighted by molar-refractivity contribution is 0.0184. The zero-order valence-corrected chi connectivity index (χ0v) is 12.6. The van der Waals surface area contributed by atoms with Crippen molar-refractivity contribution in [1.82, 2.24) is 9.78 Å². The van der Waals surface area contributed by atoms with Gasteiger partial charge in [-0.05, 0) is 25.5 Å². The summed E-state index contributed by atoms with van der Waals surface area (Å²) < 4.78 is 7.32. The van der Waals surface area contributed by atoms with Gasteiger partial charge in [0.2, 0.25) is 0 Å². The van der Waals surface area contributed by atoms with E-state index in [-0.39, 0.29) is 12.4 Å². The number of ether oxygens (including phenoxy) is 1. The highest BCUT2D eigenvalue weighted by atomic mass is 35.5. The fourth-order valence-corrected chi connectivity index (χ4v) is 2.00. The number of nitrogens with zero attached hydrogens (tertiary/aromatic N) is 2. The number of hydrogen-bond donors (Lipinski definition) is 1. The van der Waals surface area contributed by atoms with Crippen LogP contribution in [0.25, 0.3) is 0 Å². The molecule has 1 aromatic carbocycles. The van der Waals surface area contributed by atoms with Crippen LogP contribution in [0, 0.1) is 13.8 Å². The van der Waals surface area contributed by atoms with E-state index >= 15 is 0 Å². The first-order valence-corrected chi connectivity index (χ1v) is 6.46. The quantitative estimate of drug-likeness (QED) is 0.891. The summed E-state index contributed by atoms with van der Waals surface area (Å²) in [6.07, 6.45) is -0.540. The summed E-state index contributed by atoms with van der Waals surface area (Å²) in [6, 6.07) is 11.9. The van der Waals surface area contributed by atoms with E-state index in [0.29, 0.717) is 19.8 Å². The van der Waals surface area contributed by atoms with Crippen molar-refractivity contribution in [3.05, 3.63) is 53.3 Å². The van der Waals surface area contributed by atoms with E-state index in [9.17, 15) is 5.11 Å². The molecule has 1 heterocycles. The van der Waals surface area contributed by atoms with Crippen molar-refractivity contribution in [2.45, 2.75) is 33.1 Å². The summed E-state index contributed by atoms with van der Waals surface area (Å²) >= 11 is 0. The molecule has 0 aliphatic carbocycles. The van der Waals surface area contributed by atoms with Crippen LogP contribution in [0.2, 0.25) is 0 Å². The van der Waals surface area contributed by atoms with E-state index in [1.54, 1.807) is 0 Å². The third-order valence-corrected chi connectivity index (χ3v) is 2.91. The van der Waals surface area contributed by atoms with Gasteiger partial charge in [0.15, 0.2) is 0 Å². The summed E-state index contributed by atoms with van der Waals surface area (Å²) in [5.41, 5.74) is 3.13. The predicted molar refractivity (Wildman–Crippen MR) is 81.1 cm³/mol. The summed E-state index contributed by atoms with van der Waals surface area (Å²) in [6.45, 7) is 5.23. The van der Waals surface area contributed by atoms with Crippen LogP contribution in [0.3, 0.4) is 0 Å². The minimum Gasteiger partial charge on any atom is -0.389 e. The number of halogens is 1. The molecule has 0 spiro atoms. The molecule has 2 rings (SSSR count). The molecule has 0 fully saturated rings. The molecule has 1 unspecified atom stereocenters. The van der Waals surface area contributed by atoms with Crippen LogP contribution in [0.15, 0.2) is 36.4 Å². The molecule has 0 aliphatic rings. The summed E-state index contributed by atoms with van der Waals surface area (Å²) in [5, 5.41) is 14.2. The molecule has 110 valence electrons. The second kappa shape index (κ2) is 8.04. The van der Waals surface area contributed by atoms with Crippen molar-refractivity contribution in [3.8, 4) is 0 Å². The molecule has 1 atom stereocenters. The molecule has 0 aliphatic heterocycles. The second-order valence-electron chi connectivity index (χ2n) is 4.76. The average molecular weight is 297 g/mol. The highest BCUT2D eigenvalue weighted by Gasteiger charge is 2.08. The Hall–Kier alpha value is -1.36. The fourth-order valence-electron chi connectivity index (χ4n) is 2.00. The summed E-state index contributed by atoms with van der Waals surface area (Å²) in [4.78, 5) is 0. The maximum absolute atomic E-state index is 9.93. The van der Waals surface area contributed by atoms with Crippen molar-refractivity contribution in [3.63, 3.8) is 0 Å². The van der Waals surface area contributed by atoms with Crippen LogP contribution in [0.5, 0.6) is 0 Å². The fraction of sp³-hybridized carbons (Fsp3) is 0.400. The first kappa shape index (κ1) is 16.7. The molecule has 0 amide bonds. The maximum atomic E-state index is 9.93. The van der Waals surface area contributed by atoms with Gasteiger partial charge in [-0.3, -0.25) is 4.68 Å². The lowest BCUT2D eigenvalue weighted by atomic mass is 10.2. The molecule has 1 aromatic heterocycles. The van der Waals surface area contributed by atoms with Gasteiger partial charge in [0, 0.05) is 5.69 Å². The van der Waals surface area contributed by atoms with Gasteiger partial charge in [0.05, 0.1) is 31.6 Å². The van der Waals surface area contributed by atoms with Gasteiger partial charge in [-0.2, -0.15) is 5.10 Å². The second-order valence-corrected chi connectivity index (χ2v) is 4.76. The Bertz CT molecular complexity index is 514. The van der Waals surface area contributed by atoms with E-state index in [2.05, 4.69) is 5.10 Å². The van der Waals surface area contributed by atoms with Crippen LogP contribution in [0.1, 0.15) is 17.0 Å². The van der Waals surface area contributed by atoms with Gasteiger partial charge in [-0.1, -0.05) is 30.3 Å². The van der Waals surface area contributed by atoms with Gasteiger partial charge in [-0.25, -0.2) is 0 Å². The Morgan fingerprint density at radius 3 is 2.55 bits per heavy atom. The van der Waals surface area contributed by atoms with Crippen LogP contribution in [-0.2, 0) is 17.9 Å². The highest BCUT2D eigenvalue weighted by molar-refractivity contribution is 5.85. The molecule has 0 saturated heterocycles. The molecule has 2 aromatic rings. The van der Waals surface area contributed by atoms with Crippen LogP contribution < -0.4 is 0 Å². The molecule has 0 radical (unpaired) electrons. The van der Waals surface area contributed by atoms with Crippen LogP contribution >= 0.6 is 12.4 Å². The highest BCUT2D eigenvalue weighted by Crippen LogP contribution is 2.05. The standard InChI is InChI=1S/C15H20N2O2.ClH/c1-12-8-13(2)17(16-12)9-15(18)11-19-10-14-6-4-3-5-7-14;/h3-8,15,18H,9-11H2,1-2H3;1H. The van der Waals surface area contributed by atoms with Crippen LogP contribution in [0.4, 0.5) is 0 Å². The zero-order chi connectivity index (χ0) is 13.7. The zero-order valence-electron chi connectivity index (χ0n) is 11.8. The SMILES string of the molecule is Cc1cc(C)n(CC(O)COCc2ccccc2)n1.Cl. The molecule has 20 heavy (non-hydrogen) atoms. The number of aliphatic hydroxyl groups excluding tert-OH is 1. The maximum Gasteiger partial charge on any atom is 0.0969 e. The molecule has 0 bridgehead atoms. The topological polar surface area (TPSA) is 47.3 Å². The van der Waals surface area contributed by atoms with Gasteiger partial charge in [0.25, 0.3) is 0 Å². The molecular formula is C15H21ClN2O2. The van der Waals surface area contributed by atoms with Crippen molar-refractivity contribution in [2.75, 3.05) is 6.61 Å². The molecule has 4 nitrogen and oxygen atoms in total. The Balaban J connectivity index is 0.00000200. The van der Waals surface area contributed by atoms with Gasteiger partial charge in [-0.15, -0.1) is 12.4 Å². The van der Waals surface area contributed by atoms with Gasteiger partial charge < -0.3 is 9.84 Å². The van der Waals surface area contributed by atoms with Gasteiger partial charge >= 0.3 is 0 Å². The number of hydrogen-bond acceptors (Lipinski definition) is 3. The van der Waals surface area contributed by atoms with Gasteiger partial charge in [0.1, 0.15) is 0 Å². The number of benzene rings is 1. The molecule has 1 N–H and O–H groups in total. The number of aromatic nitrogens is 2. The third-order valence-electron chi connectivity index (χ3n) is 2.91. The van der Waals surface area contributed by atoms with Crippen molar-refractivity contribution >= 4 is 12.4 Å². The van der Waals surface area contributed by atoms with E-state index < -0.39 is 6.10 Å². The monoisotopic (exact) mass is 296 g/mol. The lowest BCUT2D eigenvalue weighted by Crippen LogP contribution is -2.23. The smallest absolute Gasteiger partial charge is 0.0969 e. The number of aryl methyl sites for hydroxylation is 2. The number of rotatable bonds is 6. The van der Waals surface area contributed by atoms with Crippen molar-refractivity contribution in [1.29, 1.82) is 0 Å². The Morgan fingerprint density at radius 1 is 1.25 bits per heavy atom. The third kappa shape index (κ3) is 4.96. The largest absolute Gasteiger partial charge is 0.389 e. The molecule has 5 heteroatoms. The van der Waals surface area contributed by atoms with E-state index in [0.717, 1.165) is 17.0 Å². The van der Waals surface area contributed by atoms with E-state index in [1.165, 1.54) is 0 Å². The average Bonchev–Trinajstić information content (AvgIpc) is 2.69. The first-order valence-electron chi connectivity index (χ1n) is 6.46. The van der Waals surface area contributed by atoms with Crippen molar-refractivity contribution in [2.24, 2.45) is 0 Å². The number of aliphatic hydroxyl groups is 1. The lowest BCUT2D eigenvalue weighted by Gasteiger charge is -2.12. The summed E-state index contributed by atoms with van der Waals surface area (Å²) in [7, 11) is 0. The van der Waals surface area contributed by atoms with E-state index in [4.69, 9.17) is 4.74 Å². The first-order chi connectivity index (χ1) is 9.15. The van der Waals surface area contributed by atoms with Crippen molar-refractivity contribution < 1.29 is 9.84 Å². The Labute approximate surface area is 125 Å². The normalized spacial score (nSPS) is 11.9. The minimum absolute atomic E-state index is 0. The van der Waals surface area contributed by atoms with Crippen LogP contribution in [-0.4, -0.2) is 27.6 Å². The Kier molecular flexibility index (Phi) is 6.71. The Morgan fingerprint density at radius 2 is 1.95 bits per heavy atom. The predicted octanol–water partition coefficient (Wildman–Crippen LogP) is 2.50. The van der Waals surface area contributed by atoms with E-state index in [1.807, 2.05) is 54.9 Å². The molecule has 0 saturated carbocycles. The summed E-state index contributed by atoms with van der Waals surface area (Å²) in [5.74, 6) is 0. The molecular weight excluding hydrogens is 276 g/mol.